The van der Waals surface area contributed by atoms with Gasteiger partial charge in [0.05, 0.1) is 0 Å². The van der Waals surface area contributed by atoms with Gasteiger partial charge in [-0.25, -0.2) is 0 Å². The van der Waals surface area contributed by atoms with Crippen LogP contribution in [-0.4, -0.2) is 24.5 Å². The van der Waals surface area contributed by atoms with E-state index in [9.17, 15) is 4.79 Å². The molecule has 0 spiro atoms. The Morgan fingerprint density at radius 1 is 1.38 bits per heavy atom. The van der Waals surface area contributed by atoms with Crippen molar-refractivity contribution in [3.8, 4) is 0 Å². The van der Waals surface area contributed by atoms with Gasteiger partial charge in [-0.15, -0.1) is 0 Å². The van der Waals surface area contributed by atoms with Gasteiger partial charge in [0.15, 0.2) is 5.78 Å². The van der Waals surface area contributed by atoms with Crippen molar-refractivity contribution in [2.24, 2.45) is 0 Å². The lowest BCUT2D eigenvalue weighted by atomic mass is 10.1. The molecule has 16 heavy (non-hydrogen) atoms. The maximum Gasteiger partial charge on any atom is 0.187 e. The summed E-state index contributed by atoms with van der Waals surface area (Å²) in [7, 11) is 1.78. The molecule has 0 atom stereocenters. The quantitative estimate of drug-likeness (QED) is 0.566. The smallest absolute Gasteiger partial charge is 0.187 e. The summed E-state index contributed by atoms with van der Waals surface area (Å²) in [6, 6.07) is 9.14. The Hall–Kier alpha value is -1.61. The predicted molar refractivity (Wildman–Crippen MR) is 64.2 cm³/mol. The van der Waals surface area contributed by atoms with Crippen molar-refractivity contribution in [3.05, 3.63) is 47.7 Å². The number of carbonyl (C=O) groups is 1. The summed E-state index contributed by atoms with van der Waals surface area (Å²) in [6.07, 6.45) is 2.94. The van der Waals surface area contributed by atoms with E-state index in [1.54, 1.807) is 25.3 Å². The first-order chi connectivity index (χ1) is 7.77. The number of benzene rings is 1. The highest BCUT2D eigenvalue weighted by Gasteiger charge is 2.03. The molecule has 2 N–H and O–H groups in total. The van der Waals surface area contributed by atoms with Crippen molar-refractivity contribution in [1.29, 1.82) is 0 Å². The molecule has 0 amide bonds. The van der Waals surface area contributed by atoms with E-state index in [1.807, 2.05) is 18.2 Å². The second-order valence-electron chi connectivity index (χ2n) is 3.48. The highest BCUT2D eigenvalue weighted by Crippen LogP contribution is 2.05. The fourth-order valence-electron chi connectivity index (χ4n) is 1.38. The summed E-state index contributed by atoms with van der Waals surface area (Å²) in [4.78, 5) is 11.8. The zero-order chi connectivity index (χ0) is 11.8. The Balaban J connectivity index is 2.70. The summed E-state index contributed by atoms with van der Waals surface area (Å²) < 4.78 is 0. The Morgan fingerprint density at radius 3 is 2.62 bits per heavy atom. The van der Waals surface area contributed by atoms with E-state index in [-0.39, 0.29) is 12.4 Å². The number of hydrogen-bond acceptors (Lipinski definition) is 3. The lowest BCUT2D eigenvalue weighted by molar-refractivity contribution is 0.104. The van der Waals surface area contributed by atoms with Crippen LogP contribution >= 0.6 is 0 Å². The first-order valence-corrected chi connectivity index (χ1v) is 5.36. The Bertz CT molecular complexity index is 357. The monoisotopic (exact) mass is 219 g/mol. The molecule has 0 aliphatic rings. The lowest BCUT2D eigenvalue weighted by Gasteiger charge is -2.05. The molecule has 0 aliphatic heterocycles. The minimum Gasteiger partial charge on any atom is -0.396 e. The van der Waals surface area contributed by atoms with Crippen LogP contribution in [0.1, 0.15) is 23.2 Å². The van der Waals surface area contributed by atoms with Crippen LogP contribution in [0, 0.1) is 0 Å². The molecule has 0 fully saturated rings. The van der Waals surface area contributed by atoms with Crippen LogP contribution in [0.25, 0.3) is 0 Å². The standard InChI is InChI=1S/C13H17NO2/c1-14-12(8-5-9-15)10-13(16)11-6-3-2-4-7-11/h2-4,6-7,10,14-15H,5,8-9H2,1H3/b12-10-. The van der Waals surface area contributed by atoms with Crippen molar-refractivity contribution >= 4 is 5.78 Å². The first-order valence-electron chi connectivity index (χ1n) is 5.36. The normalized spacial score (nSPS) is 11.2. The van der Waals surface area contributed by atoms with Gasteiger partial charge < -0.3 is 10.4 Å². The molecule has 0 radical (unpaired) electrons. The SMILES string of the molecule is CN/C(=C\C(=O)c1ccccc1)CCCO. The molecule has 86 valence electrons. The van der Waals surface area contributed by atoms with Crippen LogP contribution < -0.4 is 5.32 Å². The van der Waals surface area contributed by atoms with Crippen LogP contribution in [-0.2, 0) is 0 Å². The van der Waals surface area contributed by atoms with Crippen molar-refractivity contribution in [2.45, 2.75) is 12.8 Å². The lowest BCUT2D eigenvalue weighted by Crippen LogP contribution is -2.09. The van der Waals surface area contributed by atoms with Crippen molar-refractivity contribution in [3.63, 3.8) is 0 Å². The fourth-order valence-corrected chi connectivity index (χ4v) is 1.38. The van der Waals surface area contributed by atoms with Gasteiger partial charge in [-0.3, -0.25) is 4.79 Å². The molecule has 0 saturated carbocycles. The molecule has 0 aliphatic carbocycles. The van der Waals surface area contributed by atoms with Crippen LogP contribution in [0.4, 0.5) is 0 Å². The van der Waals surface area contributed by atoms with Gasteiger partial charge in [0.25, 0.3) is 0 Å². The summed E-state index contributed by atoms with van der Waals surface area (Å²) in [5.74, 6) is -0.0112. The summed E-state index contributed by atoms with van der Waals surface area (Å²) >= 11 is 0. The van der Waals surface area contributed by atoms with Crippen LogP contribution in [0.15, 0.2) is 42.1 Å². The van der Waals surface area contributed by atoms with Crippen molar-refractivity contribution < 1.29 is 9.90 Å². The number of carbonyl (C=O) groups excluding carboxylic acids is 1. The zero-order valence-corrected chi connectivity index (χ0v) is 9.44. The van der Waals surface area contributed by atoms with Crippen molar-refractivity contribution in [2.75, 3.05) is 13.7 Å². The molecule has 1 aromatic rings. The highest BCUT2D eigenvalue weighted by molar-refractivity contribution is 6.04. The van der Waals surface area contributed by atoms with E-state index >= 15 is 0 Å². The second kappa shape index (κ2) is 6.80. The Labute approximate surface area is 95.8 Å². The molecule has 3 heteroatoms. The van der Waals surface area contributed by atoms with E-state index in [0.717, 1.165) is 5.70 Å². The number of ketones is 1. The molecule has 0 aromatic heterocycles. The molecule has 0 saturated heterocycles. The maximum absolute atomic E-state index is 11.8. The Morgan fingerprint density at radius 2 is 2.06 bits per heavy atom. The minimum absolute atomic E-state index is 0.0112. The van der Waals surface area contributed by atoms with Gasteiger partial charge in [0, 0.05) is 31.0 Å². The highest BCUT2D eigenvalue weighted by atomic mass is 16.2. The Kier molecular flexibility index (Phi) is 5.29. The number of aliphatic hydroxyl groups excluding tert-OH is 1. The second-order valence-corrected chi connectivity index (χ2v) is 3.48. The summed E-state index contributed by atoms with van der Waals surface area (Å²) in [5.41, 5.74) is 1.53. The topological polar surface area (TPSA) is 49.3 Å². The first kappa shape index (κ1) is 12.5. The van der Waals surface area contributed by atoms with Crippen LogP contribution in [0.3, 0.4) is 0 Å². The number of hydrogen-bond donors (Lipinski definition) is 2. The van der Waals surface area contributed by atoms with E-state index in [1.165, 1.54) is 0 Å². The fraction of sp³-hybridized carbons (Fsp3) is 0.308. The number of nitrogens with one attached hydrogen (secondary N) is 1. The van der Waals surface area contributed by atoms with E-state index in [4.69, 9.17) is 5.11 Å². The average molecular weight is 219 g/mol. The maximum atomic E-state index is 11.8. The molecule has 1 rings (SSSR count). The number of aliphatic hydroxyl groups is 1. The minimum atomic E-state index is -0.0112. The van der Waals surface area contributed by atoms with Gasteiger partial charge in [-0.1, -0.05) is 30.3 Å². The van der Waals surface area contributed by atoms with Gasteiger partial charge in [-0.05, 0) is 12.8 Å². The summed E-state index contributed by atoms with van der Waals surface area (Å²) in [6.45, 7) is 0.137. The van der Waals surface area contributed by atoms with Crippen LogP contribution in [0.2, 0.25) is 0 Å². The van der Waals surface area contributed by atoms with Gasteiger partial charge >= 0.3 is 0 Å². The van der Waals surface area contributed by atoms with E-state index < -0.39 is 0 Å². The van der Waals surface area contributed by atoms with Crippen molar-refractivity contribution in [1.82, 2.24) is 5.32 Å². The molecular weight excluding hydrogens is 202 g/mol. The molecule has 1 aromatic carbocycles. The third-order valence-electron chi connectivity index (χ3n) is 2.29. The molecule has 3 nitrogen and oxygen atoms in total. The molecular formula is C13H17NO2. The molecule has 0 unspecified atom stereocenters. The van der Waals surface area contributed by atoms with Gasteiger partial charge in [-0.2, -0.15) is 0 Å². The van der Waals surface area contributed by atoms with Gasteiger partial charge in [0.1, 0.15) is 0 Å². The zero-order valence-electron chi connectivity index (χ0n) is 9.44. The summed E-state index contributed by atoms with van der Waals surface area (Å²) in [5, 5.41) is 11.7. The third-order valence-corrected chi connectivity index (χ3v) is 2.29. The average Bonchev–Trinajstić information content (AvgIpc) is 2.35. The van der Waals surface area contributed by atoms with Gasteiger partial charge in [0.2, 0.25) is 0 Å². The number of allylic oxidation sites excluding steroid dienone is 2. The van der Waals surface area contributed by atoms with E-state index in [0.29, 0.717) is 18.4 Å². The third kappa shape index (κ3) is 3.87. The van der Waals surface area contributed by atoms with E-state index in [2.05, 4.69) is 5.32 Å². The number of rotatable bonds is 6. The molecule has 0 heterocycles. The largest absolute Gasteiger partial charge is 0.396 e. The molecule has 0 bridgehead atoms. The van der Waals surface area contributed by atoms with Crippen LogP contribution in [0.5, 0.6) is 0 Å². The predicted octanol–water partition coefficient (Wildman–Crippen LogP) is 1.75.